The van der Waals surface area contributed by atoms with Gasteiger partial charge in [0.05, 0.1) is 0 Å². The van der Waals surface area contributed by atoms with E-state index in [0.29, 0.717) is 22.5 Å². The molecule has 12 heteroatoms. The number of nitrogens with one attached hydrogen (secondary N) is 1. The molecule has 0 bridgehead atoms. The first-order chi connectivity index (χ1) is 19.7. The molecule has 1 aromatic heterocycles. The smallest absolute Gasteiger partial charge is 0.332 e. The molecule has 0 aliphatic heterocycles. The summed E-state index contributed by atoms with van der Waals surface area (Å²) in [6.45, 7) is 1.48. The summed E-state index contributed by atoms with van der Waals surface area (Å²) >= 11 is 6.10. The molecule has 11 nitrogen and oxygen atoms in total. The van der Waals surface area contributed by atoms with Gasteiger partial charge in [-0.05, 0) is 65.1 Å². The fourth-order valence-corrected chi connectivity index (χ4v) is 4.36. The van der Waals surface area contributed by atoms with E-state index in [-0.39, 0.29) is 31.6 Å². The fourth-order valence-electron chi connectivity index (χ4n) is 4.17. The van der Waals surface area contributed by atoms with Crippen molar-refractivity contribution < 1.29 is 34.2 Å². The van der Waals surface area contributed by atoms with Gasteiger partial charge in [0.2, 0.25) is 0 Å². The van der Waals surface area contributed by atoms with Crippen LogP contribution in [0.5, 0.6) is 0 Å². The molecule has 0 fully saturated rings. The lowest BCUT2D eigenvalue weighted by atomic mass is 9.97. The summed E-state index contributed by atoms with van der Waals surface area (Å²) in [7, 11) is 0. The van der Waals surface area contributed by atoms with Crippen molar-refractivity contribution in [2.45, 2.75) is 44.8 Å². The summed E-state index contributed by atoms with van der Waals surface area (Å²) < 4.78 is 4.98. The van der Waals surface area contributed by atoms with Crippen LogP contribution in [0.1, 0.15) is 42.1 Å². The van der Waals surface area contributed by atoms with Crippen LogP contribution in [-0.2, 0) is 20.7 Å². The molecule has 0 aliphatic carbocycles. The lowest BCUT2D eigenvalue weighted by Gasteiger charge is -2.21. The zero-order chi connectivity index (χ0) is 29.4. The second-order valence-electron chi connectivity index (χ2n) is 9.35. The van der Waals surface area contributed by atoms with Crippen LogP contribution in [-0.4, -0.2) is 62.2 Å². The summed E-state index contributed by atoms with van der Waals surface area (Å²) in [4.78, 5) is 42.5. The molecular weight excluding hydrogens is 552 g/mol. The second kappa shape index (κ2) is 13.7. The van der Waals surface area contributed by atoms with Crippen molar-refractivity contribution >= 4 is 40.5 Å². The molecule has 1 amide bonds. The van der Waals surface area contributed by atoms with Gasteiger partial charge < -0.3 is 25.1 Å². The summed E-state index contributed by atoms with van der Waals surface area (Å²) in [6.07, 6.45) is -0.689. The number of aliphatic carboxylic acids is 1. The molecule has 0 saturated heterocycles. The Hall–Kier alpha value is -4.48. The lowest BCUT2D eigenvalue weighted by Crippen LogP contribution is -2.40. The SMILES string of the molecule is CCCC(=O)OCOn1nnc2ccc(C(=O)NC(Cc3ccc(-c4cccc(Cl)c4)cc3)CC(O)C(=O)O)cc21. The van der Waals surface area contributed by atoms with Gasteiger partial charge in [-0.1, -0.05) is 59.8 Å². The fraction of sp³-hybridized carbons (Fsp3) is 0.276. The molecular formula is C29H29ClN4O7. The number of carboxylic acid groups (broad SMARTS) is 1. The highest BCUT2D eigenvalue weighted by atomic mass is 35.5. The second-order valence-corrected chi connectivity index (χ2v) is 9.79. The van der Waals surface area contributed by atoms with Crippen molar-refractivity contribution in [1.29, 1.82) is 0 Å². The number of ether oxygens (including phenoxy) is 1. The lowest BCUT2D eigenvalue weighted by molar-refractivity contribution is -0.157. The number of benzene rings is 3. The molecule has 214 valence electrons. The van der Waals surface area contributed by atoms with E-state index in [1.54, 1.807) is 18.2 Å². The number of halogens is 1. The first kappa shape index (κ1) is 29.5. The van der Waals surface area contributed by atoms with Gasteiger partial charge in [0, 0.05) is 29.5 Å². The van der Waals surface area contributed by atoms with E-state index < -0.39 is 30.0 Å². The molecule has 4 aromatic rings. The number of esters is 1. The van der Waals surface area contributed by atoms with Crippen LogP contribution >= 0.6 is 11.6 Å². The van der Waals surface area contributed by atoms with Gasteiger partial charge in [0.1, 0.15) is 11.0 Å². The zero-order valence-corrected chi connectivity index (χ0v) is 23.0. The van der Waals surface area contributed by atoms with Crippen LogP contribution in [0.4, 0.5) is 0 Å². The summed E-state index contributed by atoms with van der Waals surface area (Å²) in [5, 5.41) is 30.6. The van der Waals surface area contributed by atoms with Gasteiger partial charge in [-0.3, -0.25) is 9.59 Å². The highest BCUT2D eigenvalue weighted by Gasteiger charge is 2.23. The van der Waals surface area contributed by atoms with Crippen molar-refractivity contribution in [1.82, 2.24) is 20.5 Å². The van der Waals surface area contributed by atoms with Crippen LogP contribution in [0.15, 0.2) is 66.7 Å². The van der Waals surface area contributed by atoms with E-state index in [0.717, 1.165) is 21.5 Å². The Labute approximate surface area is 240 Å². The van der Waals surface area contributed by atoms with Gasteiger partial charge in [-0.15, -0.1) is 5.10 Å². The number of carbonyl (C=O) groups excluding carboxylic acids is 2. The monoisotopic (exact) mass is 580 g/mol. The first-order valence-corrected chi connectivity index (χ1v) is 13.3. The molecule has 4 rings (SSSR count). The van der Waals surface area contributed by atoms with Crippen molar-refractivity contribution in [3.8, 4) is 11.1 Å². The standard InChI is InChI=1S/C29H29ClN4O7/c1-2-4-27(36)40-17-41-34-25-15-21(11-12-24(25)32-33-34)28(37)31-23(16-26(35)29(38)39)13-18-7-9-19(10-8-18)20-5-3-6-22(30)14-20/h3,5-12,14-15,23,26,35H,2,4,13,16-17H2,1H3,(H,31,37)(H,38,39). The van der Waals surface area contributed by atoms with E-state index in [4.69, 9.17) is 21.2 Å². The van der Waals surface area contributed by atoms with Gasteiger partial charge in [0.25, 0.3) is 12.7 Å². The third-order valence-corrected chi connectivity index (χ3v) is 6.48. The maximum Gasteiger partial charge on any atom is 0.332 e. The molecule has 1 heterocycles. The van der Waals surface area contributed by atoms with E-state index in [2.05, 4.69) is 15.6 Å². The number of carbonyl (C=O) groups is 3. The first-order valence-electron chi connectivity index (χ1n) is 12.9. The third kappa shape index (κ3) is 8.03. The minimum absolute atomic E-state index is 0.203. The molecule has 2 atom stereocenters. The van der Waals surface area contributed by atoms with Crippen LogP contribution in [0, 0.1) is 0 Å². The Morgan fingerprint density at radius 1 is 1.05 bits per heavy atom. The number of nitrogens with zero attached hydrogens (tertiary/aromatic N) is 3. The molecule has 41 heavy (non-hydrogen) atoms. The number of aromatic nitrogens is 3. The van der Waals surface area contributed by atoms with Gasteiger partial charge in [-0.2, -0.15) is 0 Å². The molecule has 3 aromatic carbocycles. The van der Waals surface area contributed by atoms with E-state index in [1.165, 1.54) is 6.07 Å². The van der Waals surface area contributed by atoms with Crippen molar-refractivity contribution in [2.24, 2.45) is 0 Å². The van der Waals surface area contributed by atoms with Crippen LogP contribution in [0.2, 0.25) is 5.02 Å². The normalized spacial score (nSPS) is 12.5. The van der Waals surface area contributed by atoms with Crippen molar-refractivity contribution in [2.75, 3.05) is 6.79 Å². The average molecular weight is 581 g/mol. The van der Waals surface area contributed by atoms with E-state index >= 15 is 0 Å². The topological polar surface area (TPSA) is 153 Å². The Morgan fingerprint density at radius 3 is 2.54 bits per heavy atom. The number of carboxylic acids is 1. The van der Waals surface area contributed by atoms with Crippen LogP contribution in [0.3, 0.4) is 0 Å². The number of rotatable bonds is 13. The summed E-state index contributed by atoms with van der Waals surface area (Å²) in [5.74, 6) is -2.29. The molecule has 0 radical (unpaired) electrons. The number of hydrogen-bond acceptors (Lipinski definition) is 8. The Bertz CT molecular complexity index is 1520. The zero-order valence-electron chi connectivity index (χ0n) is 22.2. The Kier molecular flexibility index (Phi) is 9.88. The molecule has 0 saturated carbocycles. The highest BCUT2D eigenvalue weighted by molar-refractivity contribution is 6.30. The van der Waals surface area contributed by atoms with Gasteiger partial charge >= 0.3 is 11.9 Å². The minimum atomic E-state index is -1.66. The average Bonchev–Trinajstić information content (AvgIpc) is 3.35. The van der Waals surface area contributed by atoms with Crippen LogP contribution in [0.25, 0.3) is 22.2 Å². The maximum absolute atomic E-state index is 13.2. The molecule has 2 unspecified atom stereocenters. The third-order valence-electron chi connectivity index (χ3n) is 6.25. The molecule has 3 N–H and O–H groups in total. The van der Waals surface area contributed by atoms with Gasteiger partial charge in [0.15, 0.2) is 6.10 Å². The predicted octanol–water partition coefficient (Wildman–Crippen LogP) is 3.66. The largest absolute Gasteiger partial charge is 0.479 e. The Balaban J connectivity index is 1.47. The Morgan fingerprint density at radius 2 is 1.83 bits per heavy atom. The van der Waals surface area contributed by atoms with E-state index in [1.807, 2.05) is 49.4 Å². The quantitative estimate of drug-likeness (QED) is 0.159. The number of amides is 1. The number of aliphatic hydroxyl groups is 1. The number of hydrogen-bond donors (Lipinski definition) is 3. The highest BCUT2D eigenvalue weighted by Crippen LogP contribution is 2.24. The maximum atomic E-state index is 13.2. The molecule has 0 aliphatic rings. The van der Waals surface area contributed by atoms with Crippen molar-refractivity contribution in [3.63, 3.8) is 0 Å². The van der Waals surface area contributed by atoms with Crippen LogP contribution < -0.4 is 10.2 Å². The van der Waals surface area contributed by atoms with Crippen molar-refractivity contribution in [3.05, 3.63) is 82.9 Å². The summed E-state index contributed by atoms with van der Waals surface area (Å²) in [5.41, 5.74) is 3.77. The predicted molar refractivity (Wildman–Crippen MR) is 150 cm³/mol. The summed E-state index contributed by atoms with van der Waals surface area (Å²) in [6, 6.07) is 19.0. The van der Waals surface area contributed by atoms with Gasteiger partial charge in [-0.25, -0.2) is 4.79 Å². The van der Waals surface area contributed by atoms with E-state index in [9.17, 15) is 24.6 Å². The number of aliphatic hydroxyl groups excluding tert-OH is 1. The number of fused-ring (bicyclic) bond motifs is 1. The minimum Gasteiger partial charge on any atom is -0.479 e. The molecule has 0 spiro atoms.